The molecular weight excluding hydrogens is 370 g/mol. The first-order valence-corrected chi connectivity index (χ1v) is 10.9. The average molecular weight is 391 g/mol. The van der Waals surface area contributed by atoms with E-state index < -0.39 is 37.1 Å². The lowest BCUT2D eigenvalue weighted by atomic mass is 10.2. The van der Waals surface area contributed by atoms with Crippen LogP contribution in [0, 0.1) is 0 Å². The molecule has 0 aliphatic carbocycles. The molecule has 0 unspecified atom stereocenters. The van der Waals surface area contributed by atoms with Gasteiger partial charge in [0.15, 0.2) is 26.0 Å². The number of methoxy groups -OCH3 is 2. The Kier molecular flexibility index (Phi) is 6.20. The molecular formula is C15H21NO7S2. The normalized spacial score (nSPS) is 19.9. The average Bonchev–Trinajstić information content (AvgIpc) is 2.96. The highest BCUT2D eigenvalue weighted by Crippen LogP contribution is 2.25. The van der Waals surface area contributed by atoms with Crippen molar-refractivity contribution in [1.82, 2.24) is 5.32 Å². The number of benzene rings is 1. The largest absolute Gasteiger partial charge is 0.354 e. The Morgan fingerprint density at radius 1 is 1.24 bits per heavy atom. The van der Waals surface area contributed by atoms with E-state index in [0.717, 1.165) is 0 Å². The van der Waals surface area contributed by atoms with Gasteiger partial charge in [0.1, 0.15) is 0 Å². The van der Waals surface area contributed by atoms with Gasteiger partial charge in [-0.05, 0) is 30.7 Å². The summed E-state index contributed by atoms with van der Waals surface area (Å²) in [6.07, 6.45) is -0.476. The number of carbonyl (C=O) groups is 1. The van der Waals surface area contributed by atoms with E-state index in [9.17, 15) is 21.6 Å². The van der Waals surface area contributed by atoms with Gasteiger partial charge in [0.2, 0.25) is 0 Å². The third-order valence-corrected chi connectivity index (χ3v) is 8.22. The maximum Gasteiger partial charge on any atom is 0.251 e. The highest BCUT2D eigenvalue weighted by molar-refractivity contribution is 7.96. The highest BCUT2D eigenvalue weighted by Gasteiger charge is 2.37. The smallest absolute Gasteiger partial charge is 0.251 e. The highest BCUT2D eigenvalue weighted by atomic mass is 32.2. The summed E-state index contributed by atoms with van der Waals surface area (Å²) < 4.78 is 57.9. The summed E-state index contributed by atoms with van der Waals surface area (Å²) in [6.45, 7) is 0.145. The molecule has 1 saturated heterocycles. The van der Waals surface area contributed by atoms with Crippen molar-refractivity contribution in [1.29, 1.82) is 0 Å². The maximum absolute atomic E-state index is 12.5. The van der Waals surface area contributed by atoms with E-state index in [2.05, 4.69) is 5.32 Å². The summed E-state index contributed by atoms with van der Waals surface area (Å²) >= 11 is 0. The van der Waals surface area contributed by atoms with E-state index in [4.69, 9.17) is 9.47 Å². The molecule has 25 heavy (non-hydrogen) atoms. The fourth-order valence-corrected chi connectivity index (χ4v) is 6.89. The summed E-state index contributed by atoms with van der Waals surface area (Å²) in [5, 5.41) is 1.68. The van der Waals surface area contributed by atoms with E-state index in [1.54, 1.807) is 0 Å². The molecule has 1 aliphatic rings. The lowest BCUT2D eigenvalue weighted by Crippen LogP contribution is -2.34. The van der Waals surface area contributed by atoms with Crippen molar-refractivity contribution in [2.24, 2.45) is 0 Å². The van der Waals surface area contributed by atoms with Crippen LogP contribution in [-0.2, 0) is 29.1 Å². The van der Waals surface area contributed by atoms with Gasteiger partial charge in [-0.3, -0.25) is 4.79 Å². The van der Waals surface area contributed by atoms with Crippen LogP contribution in [0.2, 0.25) is 0 Å². The zero-order chi connectivity index (χ0) is 18.7. The van der Waals surface area contributed by atoms with Gasteiger partial charge in [-0.1, -0.05) is 0 Å². The topological polar surface area (TPSA) is 116 Å². The molecule has 8 nitrogen and oxygen atoms in total. The zero-order valence-corrected chi connectivity index (χ0v) is 15.6. The number of nitrogens with one attached hydrogen (secondary N) is 1. The van der Waals surface area contributed by atoms with Crippen LogP contribution in [0.3, 0.4) is 0 Å². The van der Waals surface area contributed by atoms with Gasteiger partial charge in [-0.15, -0.1) is 0 Å². The number of amides is 1. The van der Waals surface area contributed by atoms with Crippen molar-refractivity contribution >= 4 is 25.6 Å². The second kappa shape index (κ2) is 7.81. The molecule has 10 heteroatoms. The molecule has 1 heterocycles. The van der Waals surface area contributed by atoms with Crippen LogP contribution in [-0.4, -0.2) is 66.6 Å². The predicted octanol–water partition coefficient (Wildman–Crippen LogP) is -0.00390. The summed E-state index contributed by atoms with van der Waals surface area (Å²) in [6, 6.07) is 5.42. The number of sulfone groups is 2. The van der Waals surface area contributed by atoms with Crippen LogP contribution in [0.15, 0.2) is 29.2 Å². The van der Waals surface area contributed by atoms with Gasteiger partial charge in [-0.2, -0.15) is 0 Å². The Bertz CT molecular complexity index is 812. The first kappa shape index (κ1) is 19.8. The minimum Gasteiger partial charge on any atom is -0.354 e. The van der Waals surface area contributed by atoms with Gasteiger partial charge in [0, 0.05) is 19.8 Å². The number of hydrogen-bond acceptors (Lipinski definition) is 7. The number of carbonyl (C=O) groups excluding carboxylic acids is 1. The van der Waals surface area contributed by atoms with Crippen molar-refractivity contribution in [3.63, 3.8) is 0 Å². The van der Waals surface area contributed by atoms with Crippen molar-refractivity contribution in [2.45, 2.75) is 22.9 Å². The first-order valence-electron chi connectivity index (χ1n) is 7.58. The van der Waals surface area contributed by atoms with Crippen molar-refractivity contribution in [2.75, 3.05) is 32.3 Å². The van der Waals surface area contributed by atoms with E-state index in [-0.39, 0.29) is 34.9 Å². The van der Waals surface area contributed by atoms with Gasteiger partial charge < -0.3 is 14.8 Å². The molecule has 1 fully saturated rings. The minimum absolute atomic E-state index is 0.0119. The van der Waals surface area contributed by atoms with E-state index in [0.29, 0.717) is 0 Å². The SMILES string of the molecule is COC(CNC(=O)c1ccc(S(=O)(=O)[C@H]2CCS(=O)(=O)C2)cc1)OC. The molecule has 1 aromatic rings. The molecule has 1 aliphatic heterocycles. The molecule has 0 bridgehead atoms. The summed E-state index contributed by atoms with van der Waals surface area (Å²) in [5.41, 5.74) is 0.281. The Morgan fingerprint density at radius 3 is 2.32 bits per heavy atom. The standard InChI is InChI=1S/C15H21NO7S2/c1-22-14(23-2)9-16-15(17)11-3-5-12(6-4-11)25(20,21)13-7-8-24(18,19)10-13/h3-6,13-14H,7-10H2,1-2H3,(H,16,17)/t13-/m0/s1. The molecule has 140 valence electrons. The van der Waals surface area contributed by atoms with Gasteiger partial charge >= 0.3 is 0 Å². The molecule has 0 saturated carbocycles. The Hall–Kier alpha value is -1.49. The quantitative estimate of drug-likeness (QED) is 0.650. The Balaban J connectivity index is 2.08. The van der Waals surface area contributed by atoms with Crippen LogP contribution < -0.4 is 5.32 Å². The number of ether oxygens (including phenoxy) is 2. The van der Waals surface area contributed by atoms with Crippen LogP contribution in [0.25, 0.3) is 0 Å². The van der Waals surface area contributed by atoms with Crippen LogP contribution in [0.5, 0.6) is 0 Å². The van der Waals surface area contributed by atoms with E-state index >= 15 is 0 Å². The van der Waals surface area contributed by atoms with E-state index in [1.807, 2.05) is 0 Å². The van der Waals surface area contributed by atoms with Crippen LogP contribution in [0.1, 0.15) is 16.8 Å². The number of rotatable bonds is 7. The fraction of sp³-hybridized carbons (Fsp3) is 0.533. The lowest BCUT2D eigenvalue weighted by Gasteiger charge is -2.14. The molecule has 2 rings (SSSR count). The van der Waals surface area contributed by atoms with Crippen molar-refractivity contribution < 1.29 is 31.1 Å². The van der Waals surface area contributed by atoms with Crippen LogP contribution in [0.4, 0.5) is 0 Å². The minimum atomic E-state index is -3.74. The van der Waals surface area contributed by atoms with Crippen molar-refractivity contribution in [3.8, 4) is 0 Å². The molecule has 1 amide bonds. The zero-order valence-electron chi connectivity index (χ0n) is 14.0. The van der Waals surface area contributed by atoms with Gasteiger partial charge in [0.25, 0.3) is 5.91 Å². The molecule has 1 aromatic carbocycles. The molecule has 0 aromatic heterocycles. The molecule has 0 radical (unpaired) electrons. The fourth-order valence-electron chi connectivity index (χ4n) is 2.54. The van der Waals surface area contributed by atoms with E-state index in [1.165, 1.54) is 38.5 Å². The predicted molar refractivity (Wildman–Crippen MR) is 90.8 cm³/mol. The summed E-state index contributed by atoms with van der Waals surface area (Å²) in [4.78, 5) is 12.0. The third-order valence-electron chi connectivity index (χ3n) is 4.03. The van der Waals surface area contributed by atoms with Crippen molar-refractivity contribution in [3.05, 3.63) is 29.8 Å². The lowest BCUT2D eigenvalue weighted by molar-refractivity contribution is -0.0974. The number of hydrogen-bond donors (Lipinski definition) is 1. The summed E-state index contributed by atoms with van der Waals surface area (Å²) in [5.74, 6) is -0.864. The molecule has 1 atom stereocenters. The van der Waals surface area contributed by atoms with Gasteiger partial charge in [-0.25, -0.2) is 16.8 Å². The van der Waals surface area contributed by atoms with Crippen LogP contribution >= 0.6 is 0 Å². The summed E-state index contributed by atoms with van der Waals surface area (Å²) in [7, 11) is -4.14. The maximum atomic E-state index is 12.5. The Morgan fingerprint density at radius 2 is 1.84 bits per heavy atom. The monoisotopic (exact) mass is 391 g/mol. The molecule has 1 N–H and O–H groups in total. The third kappa shape index (κ3) is 4.78. The second-order valence-corrected chi connectivity index (χ2v) is 10.2. The van der Waals surface area contributed by atoms with Gasteiger partial charge in [0.05, 0.1) is 28.2 Å². The molecule has 0 spiro atoms. The Labute approximate surface area is 147 Å². The first-order chi connectivity index (χ1) is 11.7. The second-order valence-electron chi connectivity index (χ2n) is 5.71.